The molecule has 0 radical (unpaired) electrons. The molecule has 92 valence electrons. The molecule has 2 aliphatic heterocycles. The lowest BCUT2D eigenvalue weighted by atomic mass is 10.0. The first-order valence-electron chi connectivity index (χ1n) is 6.58. The molecule has 0 aliphatic carbocycles. The zero-order valence-electron chi connectivity index (χ0n) is 10.4. The number of ether oxygens (including phenoxy) is 1. The van der Waals surface area contributed by atoms with E-state index in [1.165, 1.54) is 12.0 Å². The topological polar surface area (TPSA) is 24.5 Å². The van der Waals surface area contributed by atoms with Crippen molar-refractivity contribution in [1.29, 1.82) is 0 Å². The Kier molecular flexibility index (Phi) is 3.04. The molecule has 3 nitrogen and oxygen atoms in total. The maximum atomic E-state index is 5.80. The van der Waals surface area contributed by atoms with Crippen LogP contribution < -0.4 is 10.1 Å². The minimum Gasteiger partial charge on any atom is -0.491 e. The molecule has 3 heteroatoms. The summed E-state index contributed by atoms with van der Waals surface area (Å²) >= 11 is 0. The second kappa shape index (κ2) is 4.67. The van der Waals surface area contributed by atoms with E-state index >= 15 is 0 Å². The van der Waals surface area contributed by atoms with Gasteiger partial charge in [-0.25, -0.2) is 0 Å². The van der Waals surface area contributed by atoms with Crippen molar-refractivity contribution in [2.24, 2.45) is 0 Å². The fraction of sp³-hybridized carbons (Fsp3) is 0.571. The van der Waals surface area contributed by atoms with E-state index in [0.717, 1.165) is 32.0 Å². The van der Waals surface area contributed by atoms with Crippen molar-refractivity contribution < 1.29 is 4.74 Å². The van der Waals surface area contributed by atoms with Crippen LogP contribution in [0.25, 0.3) is 0 Å². The number of benzene rings is 1. The smallest absolute Gasteiger partial charge is 0.124 e. The molecule has 0 spiro atoms. The Hall–Kier alpha value is -1.06. The van der Waals surface area contributed by atoms with Crippen molar-refractivity contribution in [2.45, 2.75) is 25.4 Å². The predicted octanol–water partition coefficient (Wildman–Crippen LogP) is 1.80. The summed E-state index contributed by atoms with van der Waals surface area (Å²) in [5, 5.41) is 3.48. The fourth-order valence-corrected chi connectivity index (χ4v) is 2.99. The average molecular weight is 232 g/mol. The lowest BCUT2D eigenvalue weighted by Crippen LogP contribution is -2.52. The van der Waals surface area contributed by atoms with Gasteiger partial charge in [0, 0.05) is 31.2 Å². The van der Waals surface area contributed by atoms with Gasteiger partial charge in [-0.15, -0.1) is 0 Å². The number of rotatable bonds is 2. The molecular formula is C14H20N2O. The van der Waals surface area contributed by atoms with Gasteiger partial charge in [0.2, 0.25) is 0 Å². The highest BCUT2D eigenvalue weighted by Gasteiger charge is 2.33. The van der Waals surface area contributed by atoms with E-state index < -0.39 is 0 Å². The molecule has 17 heavy (non-hydrogen) atoms. The van der Waals surface area contributed by atoms with E-state index in [1.54, 1.807) is 0 Å². The molecule has 1 fully saturated rings. The largest absolute Gasteiger partial charge is 0.491 e. The van der Waals surface area contributed by atoms with E-state index in [2.05, 4.69) is 41.4 Å². The van der Waals surface area contributed by atoms with Crippen molar-refractivity contribution in [3.63, 3.8) is 0 Å². The van der Waals surface area contributed by atoms with Crippen LogP contribution >= 0.6 is 0 Å². The Morgan fingerprint density at radius 1 is 1.41 bits per heavy atom. The van der Waals surface area contributed by atoms with Crippen LogP contribution in [0.4, 0.5) is 0 Å². The van der Waals surface area contributed by atoms with Crippen LogP contribution in [0.2, 0.25) is 0 Å². The van der Waals surface area contributed by atoms with Gasteiger partial charge >= 0.3 is 0 Å². The number of hydrogen-bond donors (Lipinski definition) is 1. The Morgan fingerprint density at radius 3 is 3.18 bits per heavy atom. The zero-order chi connectivity index (χ0) is 11.7. The number of nitrogens with zero attached hydrogens (tertiary/aromatic N) is 1. The number of piperazine rings is 1. The standard InChI is InChI=1S/C14H20N2O/c1-2-11-9-15-7-8-16(11)13-10-17-14-6-4-3-5-12(13)14/h3-6,11,13,15H,2,7-10H2,1H3. The number of nitrogens with one attached hydrogen (secondary N) is 1. The van der Waals surface area contributed by atoms with Gasteiger partial charge in [0.1, 0.15) is 12.4 Å². The van der Waals surface area contributed by atoms with Gasteiger partial charge in [0.15, 0.2) is 0 Å². The molecule has 0 amide bonds. The number of hydrogen-bond acceptors (Lipinski definition) is 3. The molecule has 2 aliphatic rings. The lowest BCUT2D eigenvalue weighted by Gasteiger charge is -2.39. The maximum Gasteiger partial charge on any atom is 0.124 e. The summed E-state index contributed by atoms with van der Waals surface area (Å²) in [4.78, 5) is 2.61. The van der Waals surface area contributed by atoms with Gasteiger partial charge in [0.05, 0.1) is 6.04 Å². The van der Waals surface area contributed by atoms with Crippen LogP contribution in [0.1, 0.15) is 24.9 Å². The third-order valence-corrected chi connectivity index (χ3v) is 3.94. The Morgan fingerprint density at radius 2 is 2.29 bits per heavy atom. The van der Waals surface area contributed by atoms with E-state index in [-0.39, 0.29) is 0 Å². The summed E-state index contributed by atoms with van der Waals surface area (Å²) < 4.78 is 5.80. The Balaban J connectivity index is 1.85. The lowest BCUT2D eigenvalue weighted by molar-refractivity contribution is 0.0874. The molecule has 1 saturated heterocycles. The fourth-order valence-electron chi connectivity index (χ4n) is 2.99. The monoisotopic (exact) mass is 232 g/mol. The SMILES string of the molecule is CCC1CNCCN1C1COc2ccccc21. The van der Waals surface area contributed by atoms with Gasteiger partial charge in [-0.1, -0.05) is 25.1 Å². The third-order valence-electron chi connectivity index (χ3n) is 3.94. The van der Waals surface area contributed by atoms with E-state index in [0.29, 0.717) is 12.1 Å². The summed E-state index contributed by atoms with van der Waals surface area (Å²) in [5.41, 5.74) is 1.37. The van der Waals surface area contributed by atoms with Crippen molar-refractivity contribution >= 4 is 0 Å². The van der Waals surface area contributed by atoms with E-state index in [9.17, 15) is 0 Å². The highest BCUT2D eigenvalue weighted by molar-refractivity contribution is 5.39. The first-order chi connectivity index (χ1) is 8.40. The number of fused-ring (bicyclic) bond motifs is 1. The van der Waals surface area contributed by atoms with Gasteiger partial charge in [-0.3, -0.25) is 4.90 Å². The average Bonchev–Trinajstić information content (AvgIpc) is 2.82. The van der Waals surface area contributed by atoms with Crippen LogP contribution in [-0.2, 0) is 0 Å². The molecule has 1 aromatic carbocycles. The first-order valence-corrected chi connectivity index (χ1v) is 6.58. The Labute approximate surface area is 103 Å². The van der Waals surface area contributed by atoms with E-state index in [1.807, 2.05) is 0 Å². The molecule has 0 bridgehead atoms. The highest BCUT2D eigenvalue weighted by Crippen LogP contribution is 2.37. The maximum absolute atomic E-state index is 5.80. The van der Waals surface area contributed by atoms with Crippen molar-refractivity contribution in [3.8, 4) is 5.75 Å². The summed E-state index contributed by atoms with van der Waals surface area (Å²) in [6.07, 6.45) is 1.20. The summed E-state index contributed by atoms with van der Waals surface area (Å²) in [7, 11) is 0. The van der Waals surface area contributed by atoms with Gasteiger partial charge < -0.3 is 10.1 Å². The molecular weight excluding hydrogens is 212 g/mol. The zero-order valence-corrected chi connectivity index (χ0v) is 10.4. The Bertz CT molecular complexity index is 394. The van der Waals surface area contributed by atoms with Gasteiger partial charge in [-0.2, -0.15) is 0 Å². The van der Waals surface area contributed by atoms with Gasteiger partial charge in [0.25, 0.3) is 0 Å². The van der Waals surface area contributed by atoms with Crippen LogP contribution in [0.15, 0.2) is 24.3 Å². The summed E-state index contributed by atoms with van der Waals surface area (Å²) in [6.45, 7) is 6.41. The molecule has 3 rings (SSSR count). The minimum atomic E-state index is 0.457. The van der Waals surface area contributed by atoms with Crippen LogP contribution in [0.5, 0.6) is 5.75 Å². The van der Waals surface area contributed by atoms with Crippen molar-refractivity contribution in [3.05, 3.63) is 29.8 Å². The van der Waals surface area contributed by atoms with Crippen LogP contribution in [0.3, 0.4) is 0 Å². The molecule has 0 aromatic heterocycles. The molecule has 2 unspecified atom stereocenters. The highest BCUT2D eigenvalue weighted by atomic mass is 16.5. The first kappa shape index (κ1) is 11.1. The van der Waals surface area contributed by atoms with Crippen LogP contribution in [0, 0.1) is 0 Å². The third kappa shape index (κ3) is 1.94. The van der Waals surface area contributed by atoms with Gasteiger partial charge in [-0.05, 0) is 12.5 Å². The molecule has 1 aromatic rings. The summed E-state index contributed by atoms with van der Waals surface area (Å²) in [6, 6.07) is 9.56. The number of para-hydroxylation sites is 1. The normalized spacial score (nSPS) is 28.8. The molecule has 2 heterocycles. The summed E-state index contributed by atoms with van der Waals surface area (Å²) in [5.74, 6) is 1.07. The van der Waals surface area contributed by atoms with Crippen molar-refractivity contribution in [1.82, 2.24) is 10.2 Å². The van der Waals surface area contributed by atoms with Crippen molar-refractivity contribution in [2.75, 3.05) is 26.2 Å². The predicted molar refractivity (Wildman–Crippen MR) is 68.3 cm³/mol. The second-order valence-electron chi connectivity index (χ2n) is 4.87. The van der Waals surface area contributed by atoms with E-state index in [4.69, 9.17) is 4.74 Å². The molecule has 2 atom stereocenters. The molecule has 0 saturated carbocycles. The second-order valence-corrected chi connectivity index (χ2v) is 4.87. The minimum absolute atomic E-state index is 0.457. The van der Waals surface area contributed by atoms with Crippen LogP contribution in [-0.4, -0.2) is 37.2 Å². The quantitative estimate of drug-likeness (QED) is 0.841. The molecule has 1 N–H and O–H groups in total.